The standard InChI is InChI=1S/C15H18FN3O4S/c1-9(2)7-12(14-18-19-15(23-14)24(3,21)22)17-13(20)10-5-4-6-11(16)8-10/h4-6,8-9,12H,7H2,1-3H3,(H,17,20)/t12-/m0/s1. The fraction of sp³-hybridized carbons (Fsp3) is 0.400. The molecule has 130 valence electrons. The molecule has 0 saturated carbocycles. The van der Waals surface area contributed by atoms with Crippen LogP contribution in [0.25, 0.3) is 0 Å². The number of carbonyl (C=O) groups excluding carboxylic acids is 1. The van der Waals surface area contributed by atoms with Gasteiger partial charge >= 0.3 is 5.22 Å². The number of hydrogen-bond donors (Lipinski definition) is 1. The van der Waals surface area contributed by atoms with E-state index in [1.165, 1.54) is 18.2 Å². The molecule has 9 heteroatoms. The fourth-order valence-electron chi connectivity index (χ4n) is 2.08. The smallest absolute Gasteiger partial charge is 0.335 e. The summed E-state index contributed by atoms with van der Waals surface area (Å²) >= 11 is 0. The Morgan fingerprint density at radius 2 is 2.04 bits per heavy atom. The molecule has 2 aromatic rings. The van der Waals surface area contributed by atoms with Crippen LogP contribution in [0.3, 0.4) is 0 Å². The zero-order valence-corrected chi connectivity index (χ0v) is 14.3. The summed E-state index contributed by atoms with van der Waals surface area (Å²) in [6.07, 6.45) is 1.40. The SMILES string of the molecule is CC(C)C[C@H](NC(=O)c1cccc(F)c1)c1nnc(S(C)(=O)=O)o1. The maximum atomic E-state index is 13.2. The van der Waals surface area contributed by atoms with Crippen molar-refractivity contribution in [2.45, 2.75) is 31.5 Å². The number of sulfone groups is 1. The fourth-order valence-corrected chi connectivity index (χ4v) is 2.50. The Morgan fingerprint density at radius 3 is 2.58 bits per heavy atom. The molecule has 7 nitrogen and oxygen atoms in total. The van der Waals surface area contributed by atoms with Gasteiger partial charge in [0.25, 0.3) is 5.91 Å². The molecular weight excluding hydrogens is 337 g/mol. The van der Waals surface area contributed by atoms with Crippen LogP contribution in [0.1, 0.15) is 42.6 Å². The summed E-state index contributed by atoms with van der Waals surface area (Å²) in [5.41, 5.74) is 0.145. The van der Waals surface area contributed by atoms with E-state index < -0.39 is 32.8 Å². The third-order valence-corrected chi connectivity index (χ3v) is 3.94. The van der Waals surface area contributed by atoms with Crippen molar-refractivity contribution < 1.29 is 22.0 Å². The zero-order chi connectivity index (χ0) is 17.9. The molecule has 1 aromatic heterocycles. The summed E-state index contributed by atoms with van der Waals surface area (Å²) in [6, 6.07) is 4.57. The summed E-state index contributed by atoms with van der Waals surface area (Å²) in [5, 5.41) is 9.38. The quantitative estimate of drug-likeness (QED) is 0.851. The van der Waals surface area contributed by atoms with Crippen molar-refractivity contribution in [1.82, 2.24) is 15.5 Å². The lowest BCUT2D eigenvalue weighted by atomic mass is 10.0. The Morgan fingerprint density at radius 1 is 1.33 bits per heavy atom. The van der Waals surface area contributed by atoms with Crippen LogP contribution < -0.4 is 5.32 Å². The van der Waals surface area contributed by atoms with Crippen LogP contribution in [-0.2, 0) is 9.84 Å². The minimum absolute atomic E-state index is 0.00567. The number of carbonyl (C=O) groups is 1. The van der Waals surface area contributed by atoms with Crippen molar-refractivity contribution in [3.05, 3.63) is 41.5 Å². The van der Waals surface area contributed by atoms with Crippen LogP contribution in [0.5, 0.6) is 0 Å². The lowest BCUT2D eigenvalue weighted by molar-refractivity contribution is 0.0922. The molecule has 2 rings (SSSR count). The maximum absolute atomic E-state index is 13.2. The van der Waals surface area contributed by atoms with Gasteiger partial charge in [-0.05, 0) is 30.5 Å². The Balaban J connectivity index is 2.25. The highest BCUT2D eigenvalue weighted by molar-refractivity contribution is 7.90. The predicted molar refractivity (Wildman–Crippen MR) is 83.5 cm³/mol. The number of nitrogens with one attached hydrogen (secondary N) is 1. The van der Waals surface area contributed by atoms with Gasteiger partial charge in [-0.15, -0.1) is 5.10 Å². The van der Waals surface area contributed by atoms with E-state index in [4.69, 9.17) is 4.42 Å². The highest BCUT2D eigenvalue weighted by Crippen LogP contribution is 2.22. The van der Waals surface area contributed by atoms with Gasteiger partial charge in [-0.25, -0.2) is 12.8 Å². The van der Waals surface area contributed by atoms with Crippen molar-refractivity contribution >= 4 is 15.7 Å². The molecule has 0 bridgehead atoms. The molecule has 24 heavy (non-hydrogen) atoms. The van der Waals surface area contributed by atoms with Gasteiger partial charge in [0.15, 0.2) is 0 Å². The van der Waals surface area contributed by atoms with Crippen LogP contribution in [0, 0.1) is 11.7 Å². The zero-order valence-electron chi connectivity index (χ0n) is 13.5. The number of benzene rings is 1. The number of nitrogens with zero attached hydrogens (tertiary/aromatic N) is 2. The molecule has 0 aliphatic rings. The minimum Gasteiger partial charge on any atom is -0.410 e. The van der Waals surface area contributed by atoms with Gasteiger partial charge in [-0.2, -0.15) is 0 Å². The third kappa shape index (κ3) is 4.60. The number of hydrogen-bond acceptors (Lipinski definition) is 6. The molecule has 0 aliphatic heterocycles. The van der Waals surface area contributed by atoms with E-state index in [0.29, 0.717) is 6.42 Å². The van der Waals surface area contributed by atoms with E-state index in [9.17, 15) is 17.6 Å². The van der Waals surface area contributed by atoms with Crippen molar-refractivity contribution in [3.63, 3.8) is 0 Å². The molecule has 0 fully saturated rings. The predicted octanol–water partition coefficient (Wildman–Crippen LogP) is 2.13. The summed E-state index contributed by atoms with van der Waals surface area (Å²) in [4.78, 5) is 12.3. The Hall–Kier alpha value is -2.29. The van der Waals surface area contributed by atoms with Crippen molar-refractivity contribution in [2.24, 2.45) is 5.92 Å². The van der Waals surface area contributed by atoms with Crippen LogP contribution in [0.15, 0.2) is 33.9 Å². The summed E-state index contributed by atoms with van der Waals surface area (Å²) in [6.45, 7) is 3.85. The molecular formula is C15H18FN3O4S. The number of amides is 1. The van der Waals surface area contributed by atoms with Crippen molar-refractivity contribution in [1.29, 1.82) is 0 Å². The van der Waals surface area contributed by atoms with E-state index in [1.807, 2.05) is 13.8 Å². The van der Waals surface area contributed by atoms with Crippen LogP contribution >= 0.6 is 0 Å². The highest BCUT2D eigenvalue weighted by atomic mass is 32.2. The Bertz CT molecular complexity index is 833. The van der Waals surface area contributed by atoms with E-state index in [0.717, 1.165) is 12.3 Å². The van der Waals surface area contributed by atoms with Crippen LogP contribution in [0.4, 0.5) is 4.39 Å². The topological polar surface area (TPSA) is 102 Å². The van der Waals surface area contributed by atoms with E-state index in [-0.39, 0.29) is 17.4 Å². The number of aromatic nitrogens is 2. The first-order chi connectivity index (χ1) is 11.2. The Kier molecular flexibility index (Phi) is 5.33. The van der Waals surface area contributed by atoms with Gasteiger partial charge in [0.05, 0.1) is 0 Å². The number of rotatable bonds is 6. The second-order valence-electron chi connectivity index (χ2n) is 5.84. The first-order valence-corrected chi connectivity index (χ1v) is 9.16. The molecule has 1 N–H and O–H groups in total. The van der Waals surface area contributed by atoms with Crippen molar-refractivity contribution in [2.75, 3.05) is 6.26 Å². The first kappa shape index (κ1) is 18.1. The monoisotopic (exact) mass is 355 g/mol. The van der Waals surface area contributed by atoms with Crippen LogP contribution in [0.2, 0.25) is 0 Å². The molecule has 0 spiro atoms. The molecule has 1 atom stereocenters. The third-order valence-electron chi connectivity index (χ3n) is 3.14. The van der Waals surface area contributed by atoms with E-state index in [1.54, 1.807) is 0 Å². The minimum atomic E-state index is -3.63. The summed E-state index contributed by atoms with van der Waals surface area (Å²) in [7, 11) is -3.63. The lowest BCUT2D eigenvalue weighted by Gasteiger charge is -2.17. The van der Waals surface area contributed by atoms with E-state index in [2.05, 4.69) is 15.5 Å². The first-order valence-electron chi connectivity index (χ1n) is 7.26. The van der Waals surface area contributed by atoms with Gasteiger partial charge in [-0.3, -0.25) is 4.79 Å². The number of halogens is 1. The maximum Gasteiger partial charge on any atom is 0.335 e. The molecule has 0 saturated heterocycles. The second kappa shape index (κ2) is 7.08. The van der Waals surface area contributed by atoms with Gasteiger partial charge < -0.3 is 9.73 Å². The average Bonchev–Trinajstić information content (AvgIpc) is 2.95. The normalized spacial score (nSPS) is 13.0. The molecule has 1 aromatic carbocycles. The second-order valence-corrected chi connectivity index (χ2v) is 7.74. The van der Waals surface area contributed by atoms with Gasteiger partial charge in [0.1, 0.15) is 11.9 Å². The molecule has 1 amide bonds. The lowest BCUT2D eigenvalue weighted by Crippen LogP contribution is -2.29. The molecule has 0 aliphatic carbocycles. The largest absolute Gasteiger partial charge is 0.410 e. The Labute approximate surface area is 139 Å². The summed E-state index contributed by atoms with van der Waals surface area (Å²) in [5.74, 6) is -0.885. The molecule has 1 heterocycles. The average molecular weight is 355 g/mol. The van der Waals surface area contributed by atoms with E-state index >= 15 is 0 Å². The van der Waals surface area contributed by atoms with Gasteiger partial charge in [-0.1, -0.05) is 25.0 Å². The van der Waals surface area contributed by atoms with Crippen LogP contribution in [-0.4, -0.2) is 30.8 Å². The van der Waals surface area contributed by atoms with Crippen molar-refractivity contribution in [3.8, 4) is 0 Å². The molecule has 0 unspecified atom stereocenters. The van der Waals surface area contributed by atoms with Gasteiger partial charge in [0, 0.05) is 11.8 Å². The van der Waals surface area contributed by atoms with Gasteiger partial charge in [0.2, 0.25) is 15.7 Å². The highest BCUT2D eigenvalue weighted by Gasteiger charge is 2.25. The summed E-state index contributed by atoms with van der Waals surface area (Å²) < 4.78 is 41.3. The molecule has 0 radical (unpaired) electrons.